The Kier molecular flexibility index (Phi) is 5.38. The van der Waals surface area contributed by atoms with Gasteiger partial charge in [0.15, 0.2) is 0 Å². The summed E-state index contributed by atoms with van der Waals surface area (Å²) in [6, 6.07) is 18.3. The van der Waals surface area contributed by atoms with Crippen LogP contribution in [-0.2, 0) is 0 Å². The van der Waals surface area contributed by atoms with Crippen LogP contribution >= 0.6 is 23.1 Å². The standard InChI is InChI=1S/C22H15N5O3S2/c1-13(19-25-26-20(30-19)15-7-9-16(10-8-15)27(28)29)31-21-17-11-18(14-5-3-2-4-6-14)32-22(17)24-12-23-21/h2-13H,1H3. The van der Waals surface area contributed by atoms with Crippen molar-refractivity contribution in [1.82, 2.24) is 20.2 Å². The van der Waals surface area contributed by atoms with E-state index in [-0.39, 0.29) is 10.9 Å². The molecule has 3 aromatic heterocycles. The topological polar surface area (TPSA) is 108 Å². The van der Waals surface area contributed by atoms with Gasteiger partial charge in [0.25, 0.3) is 5.69 Å². The molecule has 0 fully saturated rings. The Morgan fingerprint density at radius 2 is 1.81 bits per heavy atom. The van der Waals surface area contributed by atoms with E-state index in [4.69, 9.17) is 4.42 Å². The molecule has 10 heteroatoms. The fraction of sp³-hybridized carbons (Fsp3) is 0.0909. The van der Waals surface area contributed by atoms with E-state index in [1.165, 1.54) is 23.9 Å². The molecule has 0 aliphatic carbocycles. The third-order valence-corrected chi connectivity index (χ3v) is 6.95. The maximum Gasteiger partial charge on any atom is 0.269 e. The summed E-state index contributed by atoms with van der Waals surface area (Å²) in [5.41, 5.74) is 1.78. The van der Waals surface area contributed by atoms with E-state index in [0.717, 1.165) is 25.7 Å². The number of fused-ring (bicyclic) bond motifs is 1. The number of non-ortho nitro benzene ring substituents is 1. The number of thiophene rings is 1. The lowest BCUT2D eigenvalue weighted by Crippen LogP contribution is -1.91. The van der Waals surface area contributed by atoms with Crippen molar-refractivity contribution in [1.29, 1.82) is 0 Å². The van der Waals surface area contributed by atoms with Gasteiger partial charge in [0, 0.05) is 28.0 Å². The number of aromatic nitrogens is 4. The number of benzene rings is 2. The smallest absolute Gasteiger partial charge is 0.269 e. The molecule has 0 spiro atoms. The first-order valence-electron chi connectivity index (χ1n) is 9.63. The van der Waals surface area contributed by atoms with E-state index in [0.29, 0.717) is 17.3 Å². The summed E-state index contributed by atoms with van der Waals surface area (Å²) >= 11 is 3.15. The van der Waals surface area contributed by atoms with Gasteiger partial charge in [-0.1, -0.05) is 42.1 Å². The van der Waals surface area contributed by atoms with Crippen molar-refractivity contribution in [3.05, 3.63) is 83.0 Å². The fourth-order valence-corrected chi connectivity index (χ4v) is 5.12. The minimum Gasteiger partial charge on any atom is -0.419 e. The highest BCUT2D eigenvalue weighted by Gasteiger charge is 2.20. The minimum atomic E-state index is -0.447. The third kappa shape index (κ3) is 3.97. The second kappa shape index (κ2) is 8.48. The van der Waals surface area contributed by atoms with Gasteiger partial charge in [0.1, 0.15) is 16.2 Å². The van der Waals surface area contributed by atoms with Gasteiger partial charge in [-0.2, -0.15) is 0 Å². The highest BCUT2D eigenvalue weighted by atomic mass is 32.2. The lowest BCUT2D eigenvalue weighted by Gasteiger charge is -2.06. The van der Waals surface area contributed by atoms with Gasteiger partial charge < -0.3 is 4.42 Å². The molecular formula is C22H15N5O3S2. The van der Waals surface area contributed by atoms with Crippen LogP contribution in [0, 0.1) is 10.1 Å². The minimum absolute atomic E-state index is 0.0100. The van der Waals surface area contributed by atoms with Gasteiger partial charge in [-0.3, -0.25) is 10.1 Å². The Morgan fingerprint density at radius 3 is 2.56 bits per heavy atom. The van der Waals surface area contributed by atoms with Crippen molar-refractivity contribution in [3.8, 4) is 21.9 Å². The van der Waals surface area contributed by atoms with E-state index in [1.54, 1.807) is 29.8 Å². The van der Waals surface area contributed by atoms with E-state index in [9.17, 15) is 10.1 Å². The fourth-order valence-electron chi connectivity index (χ4n) is 3.13. The highest BCUT2D eigenvalue weighted by Crippen LogP contribution is 2.41. The average Bonchev–Trinajstić information content (AvgIpc) is 3.48. The van der Waals surface area contributed by atoms with Gasteiger partial charge in [-0.25, -0.2) is 9.97 Å². The second-order valence-corrected chi connectivity index (χ2v) is 9.24. The molecule has 32 heavy (non-hydrogen) atoms. The summed E-state index contributed by atoms with van der Waals surface area (Å²) in [6.07, 6.45) is 1.57. The molecule has 158 valence electrons. The molecule has 0 saturated carbocycles. The molecule has 0 bridgehead atoms. The molecule has 5 rings (SSSR count). The normalized spacial score (nSPS) is 12.2. The monoisotopic (exact) mass is 461 g/mol. The molecule has 8 nitrogen and oxygen atoms in total. The summed E-state index contributed by atoms with van der Waals surface area (Å²) in [4.78, 5) is 21.3. The van der Waals surface area contributed by atoms with Crippen molar-refractivity contribution in [2.75, 3.05) is 0 Å². The molecule has 0 saturated heterocycles. The molecule has 2 aromatic carbocycles. The lowest BCUT2D eigenvalue weighted by molar-refractivity contribution is -0.384. The van der Waals surface area contributed by atoms with E-state index >= 15 is 0 Å². The van der Waals surface area contributed by atoms with Crippen molar-refractivity contribution in [3.63, 3.8) is 0 Å². The molecule has 0 N–H and O–H groups in total. The zero-order valence-corrected chi connectivity index (χ0v) is 18.3. The zero-order valence-electron chi connectivity index (χ0n) is 16.7. The summed E-state index contributed by atoms with van der Waals surface area (Å²) in [6.45, 7) is 1.97. The lowest BCUT2D eigenvalue weighted by atomic mass is 10.2. The first-order valence-corrected chi connectivity index (χ1v) is 11.3. The van der Waals surface area contributed by atoms with E-state index in [1.807, 2.05) is 25.1 Å². The molecule has 5 aromatic rings. The number of thioether (sulfide) groups is 1. The first kappa shape index (κ1) is 20.3. The number of hydrogen-bond donors (Lipinski definition) is 0. The Labute approximate surface area is 190 Å². The molecule has 0 amide bonds. The molecule has 0 aliphatic heterocycles. The summed E-state index contributed by atoms with van der Waals surface area (Å²) < 4.78 is 5.84. The van der Waals surface area contributed by atoms with Crippen LogP contribution in [-0.4, -0.2) is 25.1 Å². The van der Waals surface area contributed by atoms with Crippen molar-refractivity contribution >= 4 is 39.0 Å². The van der Waals surface area contributed by atoms with Crippen LogP contribution < -0.4 is 0 Å². The predicted molar refractivity (Wildman–Crippen MR) is 124 cm³/mol. The van der Waals surface area contributed by atoms with Crippen LogP contribution in [0.1, 0.15) is 18.1 Å². The highest BCUT2D eigenvalue weighted by molar-refractivity contribution is 7.99. The van der Waals surface area contributed by atoms with Crippen LogP contribution in [0.2, 0.25) is 0 Å². The molecule has 0 radical (unpaired) electrons. The van der Waals surface area contributed by atoms with Crippen molar-refractivity contribution < 1.29 is 9.34 Å². The SMILES string of the molecule is CC(Sc1ncnc2sc(-c3ccccc3)cc12)c1nnc(-c2ccc([N+](=O)[O-])cc2)o1. The van der Waals surface area contributed by atoms with Crippen LogP contribution in [0.5, 0.6) is 0 Å². The summed E-state index contributed by atoms with van der Waals surface area (Å²) in [5, 5.41) is 20.8. The number of nitrogens with zero attached hydrogens (tertiary/aromatic N) is 5. The van der Waals surface area contributed by atoms with Crippen molar-refractivity contribution in [2.24, 2.45) is 0 Å². The number of nitro groups is 1. The average molecular weight is 462 g/mol. The first-order chi connectivity index (χ1) is 15.6. The van der Waals surface area contributed by atoms with E-state index in [2.05, 4.69) is 38.4 Å². The largest absolute Gasteiger partial charge is 0.419 e. The number of hydrogen-bond acceptors (Lipinski definition) is 9. The molecule has 0 aliphatic rings. The summed E-state index contributed by atoms with van der Waals surface area (Å²) in [7, 11) is 0. The van der Waals surface area contributed by atoms with Crippen LogP contribution in [0.15, 0.2) is 76.4 Å². The quantitative estimate of drug-likeness (QED) is 0.128. The maximum atomic E-state index is 10.8. The van der Waals surface area contributed by atoms with Crippen LogP contribution in [0.4, 0.5) is 5.69 Å². The van der Waals surface area contributed by atoms with Crippen LogP contribution in [0.3, 0.4) is 0 Å². The van der Waals surface area contributed by atoms with Gasteiger partial charge in [-0.15, -0.1) is 21.5 Å². The molecule has 3 heterocycles. The van der Waals surface area contributed by atoms with Gasteiger partial charge >= 0.3 is 0 Å². The zero-order chi connectivity index (χ0) is 22.1. The van der Waals surface area contributed by atoms with Gasteiger partial charge in [0.05, 0.1) is 10.2 Å². The number of nitro benzene ring substituents is 1. The van der Waals surface area contributed by atoms with Gasteiger partial charge in [0.2, 0.25) is 11.8 Å². The summed E-state index contributed by atoms with van der Waals surface area (Å²) in [5.74, 6) is 0.769. The van der Waals surface area contributed by atoms with Gasteiger partial charge in [-0.05, 0) is 30.7 Å². The number of rotatable bonds is 6. The molecular weight excluding hydrogens is 446 g/mol. The second-order valence-electron chi connectivity index (χ2n) is 6.88. The third-order valence-electron chi connectivity index (χ3n) is 4.75. The Balaban J connectivity index is 1.39. The van der Waals surface area contributed by atoms with E-state index < -0.39 is 4.92 Å². The Hall–Kier alpha value is -3.63. The Bertz CT molecular complexity index is 1400. The Morgan fingerprint density at radius 1 is 1.03 bits per heavy atom. The van der Waals surface area contributed by atoms with Crippen LogP contribution in [0.25, 0.3) is 32.1 Å². The van der Waals surface area contributed by atoms with Crippen molar-refractivity contribution in [2.45, 2.75) is 17.2 Å². The molecule has 1 atom stereocenters. The molecule has 1 unspecified atom stereocenters. The predicted octanol–water partition coefficient (Wildman–Crippen LogP) is 6.17. The maximum absolute atomic E-state index is 10.8.